The number of amides is 2. The molecule has 0 bridgehead atoms. The lowest BCUT2D eigenvalue weighted by molar-refractivity contribution is -0.121. The van der Waals surface area contributed by atoms with Crippen molar-refractivity contribution in [2.24, 2.45) is 0 Å². The minimum Gasteiger partial charge on any atom is -0.352 e. The van der Waals surface area contributed by atoms with Gasteiger partial charge in [0.2, 0.25) is 5.91 Å². The summed E-state index contributed by atoms with van der Waals surface area (Å²) in [4.78, 5) is 26.9. The van der Waals surface area contributed by atoms with Crippen molar-refractivity contribution in [3.8, 4) is 5.69 Å². The molecule has 2 aliphatic rings. The summed E-state index contributed by atoms with van der Waals surface area (Å²) in [6.45, 7) is 5.22. The van der Waals surface area contributed by atoms with Crippen LogP contribution in [-0.4, -0.2) is 45.6 Å². The van der Waals surface area contributed by atoms with Gasteiger partial charge in [-0.05, 0) is 50.7 Å². The maximum atomic E-state index is 13.3. The highest BCUT2D eigenvalue weighted by molar-refractivity contribution is 5.94. The molecule has 2 amide bonds. The number of hydrogen-bond acceptors (Lipinski definition) is 3. The van der Waals surface area contributed by atoms with Crippen molar-refractivity contribution in [3.05, 3.63) is 46.8 Å². The number of likely N-dealkylation sites (tertiary alicyclic amines) is 1. The minimum absolute atomic E-state index is 0.000863. The van der Waals surface area contributed by atoms with Gasteiger partial charge in [-0.25, -0.2) is 4.68 Å². The van der Waals surface area contributed by atoms with E-state index < -0.39 is 0 Å². The summed E-state index contributed by atoms with van der Waals surface area (Å²) in [5.74, 6) is 0.0463. The number of carbonyl (C=O) groups is 2. The van der Waals surface area contributed by atoms with Crippen LogP contribution in [-0.2, 0) is 17.6 Å². The molecule has 1 fully saturated rings. The number of aromatic nitrogens is 2. The number of piperidine rings is 1. The Morgan fingerprint density at radius 1 is 1.21 bits per heavy atom. The molecule has 1 aromatic heterocycles. The van der Waals surface area contributed by atoms with Crippen LogP contribution in [0.15, 0.2) is 24.3 Å². The zero-order valence-electron chi connectivity index (χ0n) is 16.7. The highest BCUT2D eigenvalue weighted by Crippen LogP contribution is 2.30. The monoisotopic (exact) mass is 380 g/mol. The molecule has 6 nitrogen and oxygen atoms in total. The van der Waals surface area contributed by atoms with Gasteiger partial charge in [-0.2, -0.15) is 5.10 Å². The molecule has 1 aliphatic heterocycles. The molecule has 148 valence electrons. The zero-order valence-corrected chi connectivity index (χ0v) is 16.7. The largest absolute Gasteiger partial charge is 0.352 e. The first-order chi connectivity index (χ1) is 13.6. The lowest BCUT2D eigenvalue weighted by Gasteiger charge is -2.33. The van der Waals surface area contributed by atoms with Crippen LogP contribution >= 0.6 is 0 Å². The molecule has 0 spiro atoms. The number of nitrogens with one attached hydrogen (secondary N) is 1. The molecular formula is C22H28N4O2. The van der Waals surface area contributed by atoms with Gasteiger partial charge >= 0.3 is 0 Å². The smallest absolute Gasteiger partial charge is 0.274 e. The van der Waals surface area contributed by atoms with Gasteiger partial charge in [0.25, 0.3) is 5.91 Å². The zero-order chi connectivity index (χ0) is 19.7. The van der Waals surface area contributed by atoms with Crippen LogP contribution in [0.4, 0.5) is 0 Å². The number of fused-ring (bicyclic) bond motifs is 1. The summed E-state index contributed by atoms with van der Waals surface area (Å²) < 4.78 is 1.98. The Morgan fingerprint density at radius 3 is 2.82 bits per heavy atom. The predicted molar refractivity (Wildman–Crippen MR) is 108 cm³/mol. The molecule has 2 heterocycles. The number of hydrogen-bond donors (Lipinski definition) is 1. The number of carbonyl (C=O) groups excluding carboxylic acids is 2. The van der Waals surface area contributed by atoms with E-state index in [4.69, 9.17) is 5.10 Å². The Morgan fingerprint density at radius 2 is 2.04 bits per heavy atom. The normalized spacial score (nSPS) is 18.8. The van der Waals surface area contributed by atoms with Crippen LogP contribution < -0.4 is 5.32 Å². The van der Waals surface area contributed by atoms with E-state index in [1.54, 1.807) is 0 Å². The summed E-state index contributed by atoms with van der Waals surface area (Å²) in [7, 11) is 0. The van der Waals surface area contributed by atoms with E-state index in [2.05, 4.69) is 24.4 Å². The third-order valence-corrected chi connectivity index (χ3v) is 5.87. The fraction of sp³-hybridized carbons (Fsp3) is 0.500. The van der Waals surface area contributed by atoms with E-state index in [0.717, 1.165) is 55.5 Å². The Labute approximate surface area is 165 Å². The summed E-state index contributed by atoms with van der Waals surface area (Å²) in [5.41, 5.74) is 5.07. The second kappa shape index (κ2) is 7.78. The van der Waals surface area contributed by atoms with Crippen molar-refractivity contribution < 1.29 is 9.59 Å². The SMILES string of the molecule is CCC(=O)N[C@H]1CCCN(C(=O)c2nn(-c3ccccc3C)c3c2CCC3)C1. The van der Waals surface area contributed by atoms with Crippen molar-refractivity contribution in [1.82, 2.24) is 20.0 Å². The first-order valence-corrected chi connectivity index (χ1v) is 10.3. The molecule has 4 rings (SSSR count). The van der Waals surface area contributed by atoms with Crippen molar-refractivity contribution in [2.45, 2.75) is 58.4 Å². The van der Waals surface area contributed by atoms with E-state index in [-0.39, 0.29) is 17.9 Å². The summed E-state index contributed by atoms with van der Waals surface area (Å²) in [5, 5.41) is 7.82. The highest BCUT2D eigenvalue weighted by atomic mass is 16.2. The van der Waals surface area contributed by atoms with Crippen LogP contribution in [0.25, 0.3) is 5.69 Å². The third kappa shape index (κ3) is 3.43. The van der Waals surface area contributed by atoms with Crippen molar-refractivity contribution in [2.75, 3.05) is 13.1 Å². The topological polar surface area (TPSA) is 67.2 Å². The minimum atomic E-state index is 0.000863. The van der Waals surface area contributed by atoms with Crippen LogP contribution in [0.3, 0.4) is 0 Å². The molecule has 0 radical (unpaired) electrons. The predicted octanol–water partition coefficient (Wildman–Crippen LogP) is 2.80. The van der Waals surface area contributed by atoms with Gasteiger partial charge < -0.3 is 10.2 Å². The molecule has 1 saturated heterocycles. The fourth-order valence-corrected chi connectivity index (χ4v) is 4.37. The summed E-state index contributed by atoms with van der Waals surface area (Å²) >= 11 is 0. The number of benzene rings is 1. The number of nitrogens with zero attached hydrogens (tertiary/aromatic N) is 3. The molecule has 6 heteroatoms. The van der Waals surface area contributed by atoms with E-state index in [1.165, 1.54) is 5.69 Å². The maximum Gasteiger partial charge on any atom is 0.274 e. The van der Waals surface area contributed by atoms with Gasteiger partial charge in [0.15, 0.2) is 5.69 Å². The molecule has 28 heavy (non-hydrogen) atoms. The Kier molecular flexibility index (Phi) is 5.20. The van der Waals surface area contributed by atoms with Gasteiger partial charge in [0.05, 0.1) is 5.69 Å². The Hall–Kier alpha value is -2.63. The van der Waals surface area contributed by atoms with Crippen LogP contribution in [0.1, 0.15) is 59.9 Å². The lowest BCUT2D eigenvalue weighted by atomic mass is 10.0. The molecule has 0 saturated carbocycles. The van der Waals surface area contributed by atoms with E-state index >= 15 is 0 Å². The average molecular weight is 380 g/mol. The van der Waals surface area contributed by atoms with Crippen molar-refractivity contribution >= 4 is 11.8 Å². The van der Waals surface area contributed by atoms with E-state index in [0.29, 0.717) is 18.7 Å². The Balaban J connectivity index is 1.61. The summed E-state index contributed by atoms with van der Waals surface area (Å²) in [6.07, 6.45) is 5.23. The van der Waals surface area contributed by atoms with Crippen molar-refractivity contribution in [1.29, 1.82) is 0 Å². The van der Waals surface area contributed by atoms with Crippen molar-refractivity contribution in [3.63, 3.8) is 0 Å². The third-order valence-electron chi connectivity index (χ3n) is 5.87. The number of aryl methyl sites for hydroxylation is 1. The lowest BCUT2D eigenvalue weighted by Crippen LogP contribution is -2.49. The second-order valence-corrected chi connectivity index (χ2v) is 7.84. The van der Waals surface area contributed by atoms with Gasteiger partial charge in [0, 0.05) is 36.8 Å². The van der Waals surface area contributed by atoms with Crippen LogP contribution in [0.2, 0.25) is 0 Å². The Bertz CT molecular complexity index is 902. The molecule has 1 N–H and O–H groups in total. The molecule has 1 aromatic carbocycles. The van der Waals surface area contributed by atoms with Gasteiger partial charge in [0.1, 0.15) is 0 Å². The maximum absolute atomic E-state index is 13.3. The molecule has 1 atom stereocenters. The molecule has 2 aromatic rings. The molecule has 0 unspecified atom stereocenters. The number of para-hydroxylation sites is 1. The highest BCUT2D eigenvalue weighted by Gasteiger charge is 2.32. The first-order valence-electron chi connectivity index (χ1n) is 10.3. The first kappa shape index (κ1) is 18.7. The standard InChI is InChI=1S/C22H28N4O2/c1-3-20(27)23-16-9-7-13-25(14-16)22(28)21-17-10-6-12-19(17)26(24-21)18-11-5-4-8-15(18)2/h4-5,8,11,16H,3,6-7,9-10,12-14H2,1-2H3,(H,23,27)/t16-/m0/s1. The fourth-order valence-electron chi connectivity index (χ4n) is 4.37. The van der Waals surface area contributed by atoms with Gasteiger partial charge in [-0.15, -0.1) is 0 Å². The molecular weight excluding hydrogens is 352 g/mol. The second-order valence-electron chi connectivity index (χ2n) is 7.84. The van der Waals surface area contributed by atoms with E-state index in [9.17, 15) is 9.59 Å². The van der Waals surface area contributed by atoms with Crippen LogP contribution in [0, 0.1) is 6.92 Å². The number of rotatable bonds is 4. The van der Waals surface area contributed by atoms with Crippen LogP contribution in [0.5, 0.6) is 0 Å². The summed E-state index contributed by atoms with van der Waals surface area (Å²) in [6, 6.07) is 8.21. The van der Waals surface area contributed by atoms with E-state index in [1.807, 2.05) is 28.6 Å². The van der Waals surface area contributed by atoms with Gasteiger partial charge in [-0.1, -0.05) is 25.1 Å². The average Bonchev–Trinajstić information content (AvgIpc) is 3.31. The molecule has 1 aliphatic carbocycles. The quantitative estimate of drug-likeness (QED) is 0.887. The van der Waals surface area contributed by atoms with Gasteiger partial charge in [-0.3, -0.25) is 9.59 Å².